The largest absolute Gasteiger partial charge is 0.322 e. The lowest BCUT2D eigenvalue weighted by atomic mass is 10.0. The first kappa shape index (κ1) is 13.7. The molecule has 17 heavy (non-hydrogen) atoms. The Hall–Kier alpha value is -1.41. The quantitative estimate of drug-likeness (QED) is 0.925. The monoisotopic (exact) mass is 298 g/mol. The van der Waals surface area contributed by atoms with E-state index in [4.69, 9.17) is 5.26 Å². The van der Waals surface area contributed by atoms with E-state index in [1.165, 1.54) is 12.1 Å². The van der Waals surface area contributed by atoms with Gasteiger partial charge in [0, 0.05) is 4.47 Å². The van der Waals surface area contributed by atoms with E-state index < -0.39 is 17.6 Å². The number of nitriles is 1. The Bertz CT molecular complexity index is 456. The van der Waals surface area contributed by atoms with Gasteiger partial charge in [0.05, 0.1) is 11.8 Å². The van der Waals surface area contributed by atoms with E-state index in [1.807, 2.05) is 13.0 Å². The smallest absolute Gasteiger partial charge is 0.241 e. The van der Waals surface area contributed by atoms with Gasteiger partial charge in [-0.3, -0.25) is 4.79 Å². The van der Waals surface area contributed by atoms with Gasteiger partial charge in [0.25, 0.3) is 0 Å². The van der Waals surface area contributed by atoms with Crippen molar-refractivity contribution >= 4 is 27.5 Å². The third kappa shape index (κ3) is 3.82. The average Bonchev–Trinajstić information content (AvgIpc) is 2.30. The molecule has 5 heteroatoms. The van der Waals surface area contributed by atoms with Crippen LogP contribution in [0.25, 0.3) is 0 Å². The molecular formula is C12H12BrFN2O. The van der Waals surface area contributed by atoms with Crippen LogP contribution in [-0.4, -0.2) is 5.91 Å². The minimum atomic E-state index is -0.738. The fourth-order valence-electron chi connectivity index (χ4n) is 1.36. The molecule has 0 aliphatic carbocycles. The van der Waals surface area contributed by atoms with Gasteiger partial charge in [-0.2, -0.15) is 5.26 Å². The molecule has 1 rings (SSSR count). The molecule has 0 spiro atoms. The Morgan fingerprint density at radius 2 is 2.35 bits per heavy atom. The number of hydrogen-bond acceptors (Lipinski definition) is 2. The van der Waals surface area contributed by atoms with Gasteiger partial charge >= 0.3 is 0 Å². The molecule has 0 saturated heterocycles. The van der Waals surface area contributed by atoms with E-state index in [0.717, 1.165) is 6.42 Å². The Kier molecular flexibility index (Phi) is 5.11. The number of rotatable bonds is 4. The summed E-state index contributed by atoms with van der Waals surface area (Å²) < 4.78 is 14.0. The number of halogens is 2. The van der Waals surface area contributed by atoms with Gasteiger partial charge in [-0.15, -0.1) is 0 Å². The molecule has 0 bridgehead atoms. The number of carbonyl (C=O) groups excluding carboxylic acids is 1. The van der Waals surface area contributed by atoms with E-state index in [0.29, 0.717) is 10.9 Å². The second kappa shape index (κ2) is 6.36. The van der Waals surface area contributed by atoms with Crippen molar-refractivity contribution in [3.8, 4) is 6.07 Å². The zero-order chi connectivity index (χ0) is 12.8. The third-order valence-electron chi connectivity index (χ3n) is 2.24. The fourth-order valence-corrected chi connectivity index (χ4v) is 1.72. The first-order valence-electron chi connectivity index (χ1n) is 5.24. The van der Waals surface area contributed by atoms with Crippen molar-refractivity contribution in [2.24, 2.45) is 5.92 Å². The predicted molar refractivity (Wildman–Crippen MR) is 66.7 cm³/mol. The summed E-state index contributed by atoms with van der Waals surface area (Å²) in [7, 11) is 0. The summed E-state index contributed by atoms with van der Waals surface area (Å²) in [5, 5.41) is 11.2. The van der Waals surface area contributed by atoms with Crippen molar-refractivity contribution in [2.45, 2.75) is 19.8 Å². The lowest BCUT2D eigenvalue weighted by molar-refractivity contribution is -0.118. The van der Waals surface area contributed by atoms with Crippen LogP contribution >= 0.6 is 15.9 Å². The highest BCUT2D eigenvalue weighted by Gasteiger charge is 2.18. The molecule has 1 aromatic rings. The molecule has 0 radical (unpaired) electrons. The maximum Gasteiger partial charge on any atom is 0.241 e. The van der Waals surface area contributed by atoms with Crippen molar-refractivity contribution in [1.29, 1.82) is 5.26 Å². The summed E-state index contributed by atoms with van der Waals surface area (Å²) in [5.74, 6) is -1.72. The van der Waals surface area contributed by atoms with E-state index in [1.54, 1.807) is 6.07 Å². The van der Waals surface area contributed by atoms with Gasteiger partial charge < -0.3 is 5.32 Å². The molecular weight excluding hydrogens is 287 g/mol. The van der Waals surface area contributed by atoms with Crippen LogP contribution in [0.2, 0.25) is 0 Å². The van der Waals surface area contributed by atoms with Gasteiger partial charge in [0.15, 0.2) is 0 Å². The summed E-state index contributed by atoms with van der Waals surface area (Å²) in [4.78, 5) is 11.7. The molecule has 0 aromatic heterocycles. The van der Waals surface area contributed by atoms with Gasteiger partial charge in [-0.05, 0) is 24.6 Å². The Morgan fingerprint density at radius 3 is 2.94 bits per heavy atom. The van der Waals surface area contributed by atoms with Crippen LogP contribution in [0.15, 0.2) is 22.7 Å². The Labute approximate surface area is 108 Å². The van der Waals surface area contributed by atoms with Crippen LogP contribution in [0.3, 0.4) is 0 Å². The minimum Gasteiger partial charge on any atom is -0.322 e. The standard InChI is InChI=1S/C12H12BrFN2O/c1-2-3-8(7-15)12(17)16-11-6-9(13)4-5-10(11)14/h4-6,8H,2-3H2,1H3,(H,16,17). The molecule has 0 saturated carbocycles. The first-order valence-corrected chi connectivity index (χ1v) is 6.03. The highest BCUT2D eigenvalue weighted by molar-refractivity contribution is 9.10. The highest BCUT2D eigenvalue weighted by atomic mass is 79.9. The van der Waals surface area contributed by atoms with E-state index in [-0.39, 0.29) is 5.69 Å². The lowest BCUT2D eigenvalue weighted by Gasteiger charge is -2.10. The number of anilines is 1. The number of benzene rings is 1. The zero-order valence-electron chi connectivity index (χ0n) is 9.34. The summed E-state index contributed by atoms with van der Waals surface area (Å²) >= 11 is 3.19. The predicted octanol–water partition coefficient (Wildman–Crippen LogP) is 3.47. The van der Waals surface area contributed by atoms with E-state index >= 15 is 0 Å². The molecule has 0 aliphatic heterocycles. The van der Waals surface area contributed by atoms with Crippen LogP contribution < -0.4 is 5.32 Å². The molecule has 1 amide bonds. The summed E-state index contributed by atoms with van der Waals surface area (Å²) in [5.41, 5.74) is 0.0840. The molecule has 90 valence electrons. The normalized spacial score (nSPS) is 11.6. The molecule has 1 aromatic carbocycles. The second-order valence-electron chi connectivity index (χ2n) is 3.58. The molecule has 1 unspecified atom stereocenters. The van der Waals surface area contributed by atoms with Crippen LogP contribution in [0.5, 0.6) is 0 Å². The fraction of sp³-hybridized carbons (Fsp3) is 0.333. The van der Waals surface area contributed by atoms with Crippen molar-refractivity contribution < 1.29 is 9.18 Å². The maximum absolute atomic E-state index is 13.4. The molecule has 0 fully saturated rings. The summed E-state index contributed by atoms with van der Waals surface area (Å²) in [6.45, 7) is 1.89. The van der Waals surface area contributed by atoms with Crippen molar-refractivity contribution in [2.75, 3.05) is 5.32 Å². The van der Waals surface area contributed by atoms with Crippen molar-refractivity contribution in [3.05, 3.63) is 28.5 Å². The molecule has 0 aliphatic rings. The SMILES string of the molecule is CCCC(C#N)C(=O)Nc1cc(Br)ccc1F. The molecule has 1 atom stereocenters. The number of nitrogens with zero attached hydrogens (tertiary/aromatic N) is 1. The van der Waals surface area contributed by atoms with Gasteiger partial charge in [0.2, 0.25) is 5.91 Å². The van der Waals surface area contributed by atoms with Crippen molar-refractivity contribution in [1.82, 2.24) is 0 Å². The zero-order valence-corrected chi connectivity index (χ0v) is 10.9. The second-order valence-corrected chi connectivity index (χ2v) is 4.50. The summed E-state index contributed by atoms with van der Waals surface area (Å²) in [6, 6.07) is 6.17. The maximum atomic E-state index is 13.4. The van der Waals surface area contributed by atoms with E-state index in [9.17, 15) is 9.18 Å². The van der Waals surface area contributed by atoms with Gasteiger partial charge in [-0.25, -0.2) is 4.39 Å². The molecule has 0 heterocycles. The molecule has 3 nitrogen and oxygen atoms in total. The first-order chi connectivity index (χ1) is 8.08. The Balaban J connectivity index is 2.80. The topological polar surface area (TPSA) is 52.9 Å². The lowest BCUT2D eigenvalue weighted by Crippen LogP contribution is -2.22. The number of hydrogen-bond donors (Lipinski definition) is 1. The van der Waals surface area contributed by atoms with Crippen LogP contribution in [0.1, 0.15) is 19.8 Å². The van der Waals surface area contributed by atoms with Crippen molar-refractivity contribution in [3.63, 3.8) is 0 Å². The number of nitrogens with one attached hydrogen (secondary N) is 1. The number of amides is 1. The van der Waals surface area contributed by atoms with Gasteiger partial charge in [-0.1, -0.05) is 29.3 Å². The third-order valence-corrected chi connectivity index (χ3v) is 2.73. The van der Waals surface area contributed by atoms with Crippen LogP contribution in [0.4, 0.5) is 10.1 Å². The Morgan fingerprint density at radius 1 is 1.65 bits per heavy atom. The molecule has 1 N–H and O–H groups in total. The summed E-state index contributed by atoms with van der Waals surface area (Å²) in [6.07, 6.45) is 1.20. The van der Waals surface area contributed by atoms with Gasteiger partial charge in [0.1, 0.15) is 11.7 Å². The van der Waals surface area contributed by atoms with Crippen LogP contribution in [0, 0.1) is 23.1 Å². The van der Waals surface area contributed by atoms with Crippen LogP contribution in [-0.2, 0) is 4.79 Å². The minimum absolute atomic E-state index is 0.0840. The number of carbonyl (C=O) groups is 1. The van der Waals surface area contributed by atoms with E-state index in [2.05, 4.69) is 21.2 Å². The average molecular weight is 299 g/mol. The highest BCUT2D eigenvalue weighted by Crippen LogP contribution is 2.21.